The number of aldehydes is 1. The van der Waals surface area contributed by atoms with Crippen molar-refractivity contribution in [3.05, 3.63) is 23.7 Å². The summed E-state index contributed by atoms with van der Waals surface area (Å²) in [7, 11) is 0. The third kappa shape index (κ3) is 2.74. The Morgan fingerprint density at radius 1 is 1.58 bits per heavy atom. The topological polar surface area (TPSA) is 30.2 Å². The molecule has 1 aromatic rings. The molecule has 0 bridgehead atoms. The normalized spacial score (nSPS) is 10.1. The van der Waals surface area contributed by atoms with Crippen LogP contribution in [0.1, 0.15) is 29.7 Å². The van der Waals surface area contributed by atoms with E-state index in [1.54, 1.807) is 6.07 Å². The smallest absolute Gasteiger partial charge is 0.185 e. The molecule has 0 aliphatic heterocycles. The maximum Gasteiger partial charge on any atom is 0.185 e. The molecule has 0 aliphatic carbocycles. The zero-order chi connectivity index (χ0) is 8.81. The molecule has 0 saturated carbocycles. The third-order valence-electron chi connectivity index (χ3n) is 1.39. The van der Waals surface area contributed by atoms with Gasteiger partial charge in [0.25, 0.3) is 0 Å². The standard InChI is InChI=1S/C9H12O2S/c1-2-5-12-7-9-4-3-8(6-10)11-9/h3-4,6H,2,5,7H2,1H3. The molecule has 66 valence electrons. The molecule has 1 aromatic heterocycles. The Kier molecular flexibility index (Phi) is 3.94. The van der Waals surface area contributed by atoms with Gasteiger partial charge in [-0.3, -0.25) is 4.79 Å². The minimum atomic E-state index is 0.419. The molecule has 0 atom stereocenters. The van der Waals surface area contributed by atoms with E-state index in [0.29, 0.717) is 5.76 Å². The first-order valence-electron chi connectivity index (χ1n) is 3.98. The van der Waals surface area contributed by atoms with Gasteiger partial charge in [-0.25, -0.2) is 0 Å². The molecule has 0 amide bonds. The summed E-state index contributed by atoms with van der Waals surface area (Å²) in [5.41, 5.74) is 0. The summed E-state index contributed by atoms with van der Waals surface area (Å²) < 4.78 is 5.19. The van der Waals surface area contributed by atoms with Crippen molar-refractivity contribution in [2.75, 3.05) is 5.75 Å². The van der Waals surface area contributed by atoms with E-state index in [-0.39, 0.29) is 0 Å². The number of carbonyl (C=O) groups is 1. The summed E-state index contributed by atoms with van der Waals surface area (Å²) in [6, 6.07) is 3.56. The van der Waals surface area contributed by atoms with Gasteiger partial charge < -0.3 is 4.42 Å². The molecule has 3 heteroatoms. The highest BCUT2D eigenvalue weighted by molar-refractivity contribution is 7.98. The van der Waals surface area contributed by atoms with E-state index in [4.69, 9.17) is 4.42 Å². The zero-order valence-corrected chi connectivity index (χ0v) is 7.89. The Morgan fingerprint density at radius 3 is 3.00 bits per heavy atom. The fourth-order valence-electron chi connectivity index (χ4n) is 0.853. The van der Waals surface area contributed by atoms with Gasteiger partial charge >= 0.3 is 0 Å². The second-order valence-corrected chi connectivity index (χ2v) is 3.58. The van der Waals surface area contributed by atoms with Crippen LogP contribution in [0.5, 0.6) is 0 Å². The van der Waals surface area contributed by atoms with Crippen LogP contribution in [0.2, 0.25) is 0 Å². The summed E-state index contributed by atoms with van der Waals surface area (Å²) in [4.78, 5) is 10.2. The Labute approximate surface area is 76.3 Å². The van der Waals surface area contributed by atoms with Gasteiger partial charge in [0.1, 0.15) is 5.76 Å². The van der Waals surface area contributed by atoms with Crippen molar-refractivity contribution in [3.63, 3.8) is 0 Å². The van der Waals surface area contributed by atoms with Gasteiger partial charge in [0.05, 0.1) is 5.75 Å². The monoisotopic (exact) mass is 184 g/mol. The van der Waals surface area contributed by atoms with Crippen molar-refractivity contribution in [1.82, 2.24) is 0 Å². The lowest BCUT2D eigenvalue weighted by atomic mass is 10.4. The first-order chi connectivity index (χ1) is 5.86. The molecule has 0 fully saturated rings. The fourth-order valence-corrected chi connectivity index (χ4v) is 1.64. The minimum absolute atomic E-state index is 0.419. The van der Waals surface area contributed by atoms with Crippen molar-refractivity contribution in [2.45, 2.75) is 19.1 Å². The molecule has 0 N–H and O–H groups in total. The molecule has 0 spiro atoms. The number of furan rings is 1. The van der Waals surface area contributed by atoms with Gasteiger partial charge in [0, 0.05) is 0 Å². The molecular formula is C9H12O2S. The predicted octanol–water partition coefficient (Wildman–Crippen LogP) is 2.74. The maximum atomic E-state index is 10.2. The van der Waals surface area contributed by atoms with E-state index >= 15 is 0 Å². The van der Waals surface area contributed by atoms with Crippen molar-refractivity contribution >= 4 is 18.0 Å². The highest BCUT2D eigenvalue weighted by Gasteiger charge is 1.99. The summed E-state index contributed by atoms with van der Waals surface area (Å²) in [6.07, 6.45) is 1.90. The van der Waals surface area contributed by atoms with Gasteiger partial charge in [-0.05, 0) is 24.3 Å². The molecule has 0 saturated heterocycles. The average Bonchev–Trinajstić information content (AvgIpc) is 2.53. The van der Waals surface area contributed by atoms with Gasteiger partial charge in [0.2, 0.25) is 0 Å². The van der Waals surface area contributed by atoms with Crippen molar-refractivity contribution in [1.29, 1.82) is 0 Å². The van der Waals surface area contributed by atoms with Crippen molar-refractivity contribution in [2.24, 2.45) is 0 Å². The second-order valence-electron chi connectivity index (χ2n) is 2.47. The van der Waals surface area contributed by atoms with Crippen LogP contribution in [0.3, 0.4) is 0 Å². The van der Waals surface area contributed by atoms with Crippen LogP contribution in [-0.4, -0.2) is 12.0 Å². The van der Waals surface area contributed by atoms with Crippen LogP contribution in [0.4, 0.5) is 0 Å². The molecular weight excluding hydrogens is 172 g/mol. The van der Waals surface area contributed by atoms with E-state index in [9.17, 15) is 4.79 Å². The molecule has 1 heterocycles. The maximum absolute atomic E-state index is 10.2. The highest BCUT2D eigenvalue weighted by atomic mass is 32.2. The molecule has 0 unspecified atom stereocenters. The molecule has 12 heavy (non-hydrogen) atoms. The first-order valence-corrected chi connectivity index (χ1v) is 5.14. The lowest BCUT2D eigenvalue weighted by Gasteiger charge is -1.94. The summed E-state index contributed by atoms with van der Waals surface area (Å²) in [6.45, 7) is 2.14. The van der Waals surface area contributed by atoms with Crippen molar-refractivity contribution < 1.29 is 9.21 Å². The van der Waals surface area contributed by atoms with Gasteiger partial charge in [-0.2, -0.15) is 11.8 Å². The van der Waals surface area contributed by atoms with Crippen LogP contribution in [0.25, 0.3) is 0 Å². The minimum Gasteiger partial charge on any atom is -0.457 e. The Bertz CT molecular complexity index is 242. The Hall–Kier alpha value is -0.700. The van der Waals surface area contributed by atoms with E-state index in [0.717, 1.165) is 23.6 Å². The van der Waals surface area contributed by atoms with E-state index in [1.165, 1.54) is 6.42 Å². The largest absolute Gasteiger partial charge is 0.457 e. The predicted molar refractivity (Wildman–Crippen MR) is 50.5 cm³/mol. The molecule has 2 nitrogen and oxygen atoms in total. The van der Waals surface area contributed by atoms with E-state index < -0.39 is 0 Å². The van der Waals surface area contributed by atoms with E-state index in [2.05, 4.69) is 6.92 Å². The van der Waals surface area contributed by atoms with E-state index in [1.807, 2.05) is 17.8 Å². The fraction of sp³-hybridized carbons (Fsp3) is 0.444. The second kappa shape index (κ2) is 5.04. The van der Waals surface area contributed by atoms with Gasteiger partial charge in [-0.15, -0.1) is 0 Å². The highest BCUT2D eigenvalue weighted by Crippen LogP contribution is 2.14. The van der Waals surface area contributed by atoms with Gasteiger partial charge in [-0.1, -0.05) is 6.92 Å². The number of hydrogen-bond acceptors (Lipinski definition) is 3. The lowest BCUT2D eigenvalue weighted by molar-refractivity contribution is 0.109. The average molecular weight is 184 g/mol. The third-order valence-corrected chi connectivity index (χ3v) is 2.58. The lowest BCUT2D eigenvalue weighted by Crippen LogP contribution is -1.78. The van der Waals surface area contributed by atoms with Crippen LogP contribution >= 0.6 is 11.8 Å². The molecule has 0 radical (unpaired) electrons. The number of hydrogen-bond donors (Lipinski definition) is 0. The first kappa shape index (κ1) is 9.39. The number of rotatable bonds is 5. The van der Waals surface area contributed by atoms with Crippen LogP contribution < -0.4 is 0 Å². The number of thioether (sulfide) groups is 1. The zero-order valence-electron chi connectivity index (χ0n) is 7.08. The van der Waals surface area contributed by atoms with Crippen LogP contribution in [0, 0.1) is 0 Å². The molecule has 0 aromatic carbocycles. The summed E-state index contributed by atoms with van der Waals surface area (Å²) >= 11 is 1.82. The molecule has 1 rings (SSSR count). The molecule has 0 aliphatic rings. The summed E-state index contributed by atoms with van der Waals surface area (Å²) in [5.74, 6) is 3.30. The van der Waals surface area contributed by atoms with Crippen LogP contribution in [-0.2, 0) is 5.75 Å². The SMILES string of the molecule is CCCSCc1ccc(C=O)o1. The number of carbonyl (C=O) groups excluding carboxylic acids is 1. The Balaban J connectivity index is 2.36. The van der Waals surface area contributed by atoms with Gasteiger partial charge in [0.15, 0.2) is 12.0 Å². The van der Waals surface area contributed by atoms with Crippen molar-refractivity contribution in [3.8, 4) is 0 Å². The summed E-state index contributed by atoms with van der Waals surface area (Å²) in [5, 5.41) is 0. The quantitative estimate of drug-likeness (QED) is 0.520. The van der Waals surface area contributed by atoms with Crippen LogP contribution in [0.15, 0.2) is 16.5 Å². The Morgan fingerprint density at radius 2 is 2.42 bits per heavy atom.